The lowest BCUT2D eigenvalue weighted by molar-refractivity contribution is 0.323. The van der Waals surface area contributed by atoms with Crippen LogP contribution >= 0.6 is 0 Å². The summed E-state index contributed by atoms with van der Waals surface area (Å²) < 4.78 is 18.1. The van der Waals surface area contributed by atoms with Crippen molar-refractivity contribution in [1.82, 2.24) is 0 Å². The second kappa shape index (κ2) is 6.19. The average molecular weight is 209 g/mol. The molecule has 82 valence electrons. The fourth-order valence-electron chi connectivity index (χ4n) is 1.11. The third-order valence-electron chi connectivity index (χ3n) is 1.79. The third-order valence-corrected chi connectivity index (χ3v) is 1.79. The Morgan fingerprint density at radius 1 is 1.53 bits per heavy atom. The molecule has 2 nitrogen and oxygen atoms in total. The second-order valence-corrected chi connectivity index (χ2v) is 3.38. The Bertz CT molecular complexity index is 323. The van der Waals surface area contributed by atoms with Gasteiger partial charge in [0.1, 0.15) is 11.6 Å². The third kappa shape index (κ3) is 5.18. The summed E-state index contributed by atoms with van der Waals surface area (Å²) in [7, 11) is 0. The average Bonchev–Trinajstić information content (AvgIpc) is 2.17. The first-order valence-corrected chi connectivity index (χ1v) is 4.99. The van der Waals surface area contributed by atoms with Gasteiger partial charge in [0.05, 0.1) is 6.61 Å². The molecule has 2 N–H and O–H groups in total. The van der Waals surface area contributed by atoms with Gasteiger partial charge in [-0.25, -0.2) is 4.39 Å². The molecule has 0 saturated heterocycles. The molecule has 1 atom stereocenters. The van der Waals surface area contributed by atoms with Crippen molar-refractivity contribution in [3.8, 4) is 5.75 Å². The highest BCUT2D eigenvalue weighted by molar-refractivity contribution is 5.22. The fraction of sp³-hybridized carbons (Fsp3) is 0.333. The zero-order valence-corrected chi connectivity index (χ0v) is 8.82. The van der Waals surface area contributed by atoms with Crippen LogP contribution in [0.4, 0.5) is 4.39 Å². The molecule has 0 bridgehead atoms. The standard InChI is InChI=1S/C12H16FNO/c1-10(14)5-2-3-8-15-12-7-4-6-11(13)9-12/h2,4-7,9-10H,3,8,14H2,1H3/b5-2+. The zero-order chi connectivity index (χ0) is 11.1. The molecule has 0 fully saturated rings. The second-order valence-electron chi connectivity index (χ2n) is 3.38. The van der Waals surface area contributed by atoms with Crippen LogP contribution in [0.3, 0.4) is 0 Å². The van der Waals surface area contributed by atoms with Crippen molar-refractivity contribution >= 4 is 0 Å². The van der Waals surface area contributed by atoms with Crippen LogP contribution in [0.5, 0.6) is 5.75 Å². The highest BCUT2D eigenvalue weighted by Gasteiger charge is 1.94. The Morgan fingerprint density at radius 3 is 3.00 bits per heavy atom. The van der Waals surface area contributed by atoms with Crippen molar-refractivity contribution in [2.24, 2.45) is 5.73 Å². The number of hydrogen-bond acceptors (Lipinski definition) is 2. The molecule has 0 amide bonds. The molecule has 1 aromatic carbocycles. The van der Waals surface area contributed by atoms with E-state index in [1.807, 2.05) is 19.1 Å². The van der Waals surface area contributed by atoms with Crippen LogP contribution in [0, 0.1) is 5.82 Å². The molecule has 0 aliphatic rings. The molecule has 0 aliphatic heterocycles. The smallest absolute Gasteiger partial charge is 0.126 e. The van der Waals surface area contributed by atoms with E-state index in [2.05, 4.69) is 0 Å². The Labute approximate surface area is 89.6 Å². The van der Waals surface area contributed by atoms with Crippen molar-refractivity contribution < 1.29 is 9.13 Å². The van der Waals surface area contributed by atoms with E-state index in [1.165, 1.54) is 12.1 Å². The van der Waals surface area contributed by atoms with E-state index in [0.29, 0.717) is 12.4 Å². The van der Waals surface area contributed by atoms with Gasteiger partial charge >= 0.3 is 0 Å². The van der Waals surface area contributed by atoms with Gasteiger partial charge in [0.15, 0.2) is 0 Å². The van der Waals surface area contributed by atoms with Gasteiger partial charge < -0.3 is 10.5 Å². The zero-order valence-electron chi connectivity index (χ0n) is 8.82. The van der Waals surface area contributed by atoms with Crippen LogP contribution in [-0.2, 0) is 0 Å². The Hall–Kier alpha value is -1.35. The maximum Gasteiger partial charge on any atom is 0.126 e. The van der Waals surface area contributed by atoms with Crippen LogP contribution < -0.4 is 10.5 Å². The molecule has 0 radical (unpaired) electrons. The van der Waals surface area contributed by atoms with Crippen molar-refractivity contribution in [2.75, 3.05) is 6.61 Å². The van der Waals surface area contributed by atoms with E-state index in [0.717, 1.165) is 6.42 Å². The molecule has 0 heterocycles. The van der Waals surface area contributed by atoms with Crippen LogP contribution in [-0.4, -0.2) is 12.6 Å². The molecular weight excluding hydrogens is 193 g/mol. The number of rotatable bonds is 5. The molecule has 1 rings (SSSR count). The predicted octanol–water partition coefficient (Wildman–Crippen LogP) is 2.50. The van der Waals surface area contributed by atoms with Crippen LogP contribution in [0.1, 0.15) is 13.3 Å². The quantitative estimate of drug-likeness (QED) is 0.597. The maximum absolute atomic E-state index is 12.7. The monoisotopic (exact) mass is 209 g/mol. The summed E-state index contributed by atoms with van der Waals surface area (Å²) in [6.45, 7) is 2.44. The Morgan fingerprint density at radius 2 is 2.33 bits per heavy atom. The first-order valence-electron chi connectivity index (χ1n) is 4.99. The van der Waals surface area contributed by atoms with Crippen LogP contribution in [0.2, 0.25) is 0 Å². The van der Waals surface area contributed by atoms with Crippen molar-refractivity contribution in [3.63, 3.8) is 0 Å². The summed E-state index contributed by atoms with van der Waals surface area (Å²) >= 11 is 0. The highest BCUT2D eigenvalue weighted by Crippen LogP contribution is 2.11. The Kier molecular flexibility index (Phi) is 4.84. The summed E-state index contributed by atoms with van der Waals surface area (Å²) in [4.78, 5) is 0. The lowest BCUT2D eigenvalue weighted by Crippen LogP contribution is -2.10. The minimum Gasteiger partial charge on any atom is -0.493 e. The molecule has 0 aromatic heterocycles. The lowest BCUT2D eigenvalue weighted by Gasteiger charge is -2.03. The van der Waals surface area contributed by atoms with Gasteiger partial charge in [-0.3, -0.25) is 0 Å². The largest absolute Gasteiger partial charge is 0.493 e. The highest BCUT2D eigenvalue weighted by atomic mass is 19.1. The summed E-state index contributed by atoms with van der Waals surface area (Å²) in [6.07, 6.45) is 4.65. The van der Waals surface area contributed by atoms with Crippen molar-refractivity contribution in [2.45, 2.75) is 19.4 Å². The SMILES string of the molecule is CC(N)/C=C/CCOc1cccc(F)c1. The molecule has 3 heteroatoms. The summed E-state index contributed by atoms with van der Waals surface area (Å²) in [5.74, 6) is 0.280. The first-order chi connectivity index (χ1) is 7.18. The van der Waals surface area contributed by atoms with Gasteiger partial charge in [0.25, 0.3) is 0 Å². The summed E-state index contributed by atoms with van der Waals surface area (Å²) in [6, 6.07) is 6.19. The molecule has 0 aliphatic carbocycles. The first kappa shape index (κ1) is 11.7. The molecular formula is C12H16FNO. The topological polar surface area (TPSA) is 35.2 Å². The van der Waals surface area contributed by atoms with E-state index in [1.54, 1.807) is 12.1 Å². The van der Waals surface area contributed by atoms with Gasteiger partial charge in [0, 0.05) is 12.1 Å². The number of ether oxygens (including phenoxy) is 1. The van der Waals surface area contributed by atoms with Gasteiger partial charge in [-0.2, -0.15) is 0 Å². The number of hydrogen-bond donors (Lipinski definition) is 1. The number of halogens is 1. The minimum atomic E-state index is -0.279. The lowest BCUT2D eigenvalue weighted by atomic mass is 10.3. The van der Waals surface area contributed by atoms with E-state index >= 15 is 0 Å². The summed E-state index contributed by atoms with van der Waals surface area (Å²) in [5.41, 5.74) is 5.53. The molecule has 1 aromatic rings. The molecule has 1 unspecified atom stereocenters. The normalized spacial score (nSPS) is 13.0. The van der Waals surface area contributed by atoms with E-state index in [9.17, 15) is 4.39 Å². The fourth-order valence-corrected chi connectivity index (χ4v) is 1.11. The predicted molar refractivity (Wildman–Crippen MR) is 59.3 cm³/mol. The molecule has 15 heavy (non-hydrogen) atoms. The van der Waals surface area contributed by atoms with Crippen molar-refractivity contribution in [1.29, 1.82) is 0 Å². The van der Waals surface area contributed by atoms with Gasteiger partial charge in [-0.05, 0) is 25.5 Å². The number of benzene rings is 1. The Balaban J connectivity index is 2.26. The maximum atomic E-state index is 12.7. The van der Waals surface area contributed by atoms with E-state index < -0.39 is 0 Å². The number of nitrogens with two attached hydrogens (primary N) is 1. The van der Waals surface area contributed by atoms with Crippen LogP contribution in [0.15, 0.2) is 36.4 Å². The van der Waals surface area contributed by atoms with E-state index in [4.69, 9.17) is 10.5 Å². The summed E-state index contributed by atoms with van der Waals surface area (Å²) in [5, 5.41) is 0. The van der Waals surface area contributed by atoms with Crippen LogP contribution in [0.25, 0.3) is 0 Å². The van der Waals surface area contributed by atoms with Gasteiger partial charge in [-0.15, -0.1) is 0 Å². The minimum absolute atomic E-state index is 0.0687. The van der Waals surface area contributed by atoms with Gasteiger partial charge in [0.2, 0.25) is 0 Å². The van der Waals surface area contributed by atoms with Gasteiger partial charge in [-0.1, -0.05) is 18.2 Å². The van der Waals surface area contributed by atoms with E-state index in [-0.39, 0.29) is 11.9 Å². The molecule has 0 spiro atoms. The molecule has 0 saturated carbocycles. The van der Waals surface area contributed by atoms with Crippen molar-refractivity contribution in [3.05, 3.63) is 42.2 Å².